The lowest BCUT2D eigenvalue weighted by molar-refractivity contribution is 0.477. The third-order valence-electron chi connectivity index (χ3n) is 4.61. The summed E-state index contributed by atoms with van der Waals surface area (Å²) in [6, 6.07) is 17.4. The third-order valence-corrected chi connectivity index (χ3v) is 5.50. The Morgan fingerprint density at radius 3 is 2.75 bits per heavy atom. The largest absolute Gasteiger partial charge is 0.507 e. The summed E-state index contributed by atoms with van der Waals surface area (Å²) in [7, 11) is 2.50. The minimum Gasteiger partial charge on any atom is -0.507 e. The average Bonchev–Trinajstić information content (AvgIpc) is 3.15. The predicted octanol–water partition coefficient (Wildman–Crippen LogP) is 3.69. The molecule has 0 aliphatic heterocycles. The molecule has 2 aromatic heterocycles. The van der Waals surface area contributed by atoms with Crippen molar-refractivity contribution in [3.8, 4) is 17.0 Å². The molecule has 0 spiro atoms. The zero-order valence-electron chi connectivity index (χ0n) is 15.8. The molecule has 4 aromatic rings. The molecule has 0 saturated heterocycles. The van der Waals surface area contributed by atoms with Gasteiger partial charge in [-0.2, -0.15) is 9.61 Å². The standard InChI is InChI=1S/C21H22N5OP/c1-22-15-7-5-6-14(10-15)12-23-20-11-17(16-8-3-4-9-18(16)27)25-21-19(28-2)13-24-26(20)21/h3-11,13,22-23,27-28H,12H2,1-2H3. The van der Waals surface area contributed by atoms with E-state index in [9.17, 15) is 5.11 Å². The molecule has 0 aliphatic rings. The summed E-state index contributed by atoms with van der Waals surface area (Å²) in [5.41, 5.74) is 4.47. The van der Waals surface area contributed by atoms with Crippen LogP contribution in [0.15, 0.2) is 60.8 Å². The summed E-state index contributed by atoms with van der Waals surface area (Å²) in [5, 5.41) is 22.5. The number of aromatic nitrogens is 3. The molecule has 7 heteroatoms. The summed E-state index contributed by atoms with van der Waals surface area (Å²) < 4.78 is 1.83. The van der Waals surface area contributed by atoms with Gasteiger partial charge in [0.15, 0.2) is 5.65 Å². The number of anilines is 2. The molecule has 1 atom stereocenters. The van der Waals surface area contributed by atoms with Gasteiger partial charge in [0.2, 0.25) is 0 Å². The van der Waals surface area contributed by atoms with Crippen LogP contribution in [0.3, 0.4) is 0 Å². The lowest BCUT2D eigenvalue weighted by Gasteiger charge is -2.12. The van der Waals surface area contributed by atoms with Crippen molar-refractivity contribution >= 4 is 31.0 Å². The zero-order chi connectivity index (χ0) is 19.5. The first-order chi connectivity index (χ1) is 13.7. The van der Waals surface area contributed by atoms with E-state index in [0.29, 0.717) is 20.7 Å². The molecule has 1 unspecified atom stereocenters. The van der Waals surface area contributed by atoms with Crippen molar-refractivity contribution in [3.63, 3.8) is 0 Å². The molecule has 2 aromatic carbocycles. The van der Waals surface area contributed by atoms with Crippen LogP contribution in [0.25, 0.3) is 16.9 Å². The highest BCUT2D eigenvalue weighted by atomic mass is 31.1. The Bertz CT molecular complexity index is 1120. The topological polar surface area (TPSA) is 74.5 Å². The van der Waals surface area contributed by atoms with E-state index in [1.165, 1.54) is 0 Å². The predicted molar refractivity (Wildman–Crippen MR) is 117 cm³/mol. The maximum Gasteiger partial charge on any atom is 0.165 e. The summed E-state index contributed by atoms with van der Waals surface area (Å²) in [5.74, 6) is 1.05. The molecule has 3 N–H and O–H groups in total. The number of hydrogen-bond acceptors (Lipinski definition) is 5. The highest BCUT2D eigenvalue weighted by Gasteiger charge is 2.14. The number of nitrogens with one attached hydrogen (secondary N) is 2. The third kappa shape index (κ3) is 3.51. The first-order valence-corrected chi connectivity index (χ1v) is 10.5. The van der Waals surface area contributed by atoms with E-state index in [4.69, 9.17) is 4.98 Å². The molecular formula is C21H22N5OP. The van der Waals surface area contributed by atoms with Gasteiger partial charge in [0.05, 0.1) is 11.9 Å². The van der Waals surface area contributed by atoms with Crippen molar-refractivity contribution in [2.24, 2.45) is 0 Å². The second-order valence-electron chi connectivity index (χ2n) is 6.39. The van der Waals surface area contributed by atoms with Gasteiger partial charge >= 0.3 is 0 Å². The number of nitrogens with zero attached hydrogens (tertiary/aromatic N) is 3. The molecule has 0 bridgehead atoms. The molecule has 28 heavy (non-hydrogen) atoms. The van der Waals surface area contributed by atoms with Crippen LogP contribution in [-0.4, -0.2) is 33.4 Å². The van der Waals surface area contributed by atoms with Crippen LogP contribution in [0.2, 0.25) is 0 Å². The Labute approximate surface area is 165 Å². The number of phenols is 1. The lowest BCUT2D eigenvalue weighted by Crippen LogP contribution is -2.08. The minimum atomic E-state index is 0.215. The quantitative estimate of drug-likeness (QED) is 0.437. The first kappa shape index (κ1) is 18.3. The molecular weight excluding hydrogens is 369 g/mol. The van der Waals surface area contributed by atoms with E-state index in [-0.39, 0.29) is 5.75 Å². The van der Waals surface area contributed by atoms with Gasteiger partial charge in [-0.05, 0) is 36.5 Å². The van der Waals surface area contributed by atoms with Gasteiger partial charge in [-0.3, -0.25) is 0 Å². The van der Waals surface area contributed by atoms with Crippen molar-refractivity contribution in [1.82, 2.24) is 14.6 Å². The number of phenolic OH excluding ortho intramolecular Hbond substituents is 1. The highest BCUT2D eigenvalue weighted by Crippen LogP contribution is 2.30. The maximum atomic E-state index is 10.3. The Morgan fingerprint density at radius 1 is 1.11 bits per heavy atom. The molecule has 142 valence electrons. The monoisotopic (exact) mass is 391 g/mol. The second-order valence-corrected chi connectivity index (χ2v) is 7.43. The number of hydrogen-bond donors (Lipinski definition) is 3. The number of fused-ring (bicyclic) bond motifs is 1. The maximum absolute atomic E-state index is 10.3. The van der Waals surface area contributed by atoms with E-state index in [1.54, 1.807) is 6.07 Å². The number of para-hydroxylation sites is 1. The van der Waals surface area contributed by atoms with Crippen LogP contribution >= 0.6 is 8.58 Å². The van der Waals surface area contributed by atoms with Crippen molar-refractivity contribution in [3.05, 3.63) is 66.4 Å². The fraction of sp³-hybridized carbons (Fsp3) is 0.143. The van der Waals surface area contributed by atoms with Crippen molar-refractivity contribution < 1.29 is 5.11 Å². The van der Waals surface area contributed by atoms with E-state index < -0.39 is 0 Å². The van der Waals surface area contributed by atoms with Crippen LogP contribution in [0.1, 0.15) is 5.56 Å². The van der Waals surface area contributed by atoms with Crippen LogP contribution in [0, 0.1) is 0 Å². The Hall–Kier alpha value is -3.11. The molecule has 0 aliphatic carbocycles. The van der Waals surface area contributed by atoms with Crippen molar-refractivity contribution in [2.45, 2.75) is 6.54 Å². The fourth-order valence-corrected chi connectivity index (χ4v) is 3.70. The molecule has 0 radical (unpaired) electrons. The van der Waals surface area contributed by atoms with Gasteiger partial charge in [0.25, 0.3) is 0 Å². The number of rotatable bonds is 6. The highest BCUT2D eigenvalue weighted by molar-refractivity contribution is 7.46. The van der Waals surface area contributed by atoms with Crippen LogP contribution in [0.4, 0.5) is 11.5 Å². The van der Waals surface area contributed by atoms with Crippen LogP contribution in [0.5, 0.6) is 5.75 Å². The molecule has 0 amide bonds. The summed E-state index contributed by atoms with van der Waals surface area (Å²) in [4.78, 5) is 4.78. The van der Waals surface area contributed by atoms with Gasteiger partial charge < -0.3 is 15.7 Å². The average molecular weight is 391 g/mol. The lowest BCUT2D eigenvalue weighted by atomic mass is 10.1. The summed E-state index contributed by atoms with van der Waals surface area (Å²) in [6.07, 6.45) is 1.86. The SMILES string of the molecule is CNc1cccc(CNc2cc(-c3ccccc3O)nc3c(PC)cnn23)c1. The summed E-state index contributed by atoms with van der Waals surface area (Å²) in [6.45, 7) is 2.76. The van der Waals surface area contributed by atoms with Gasteiger partial charge in [-0.25, -0.2) is 4.98 Å². The number of benzene rings is 2. The fourth-order valence-electron chi connectivity index (χ4n) is 3.12. The molecule has 2 heterocycles. The van der Waals surface area contributed by atoms with E-state index >= 15 is 0 Å². The van der Waals surface area contributed by atoms with Gasteiger partial charge in [-0.1, -0.05) is 32.8 Å². The molecule has 4 rings (SSSR count). The minimum absolute atomic E-state index is 0.215. The second kappa shape index (κ2) is 7.87. The smallest absolute Gasteiger partial charge is 0.165 e. The molecule has 0 saturated carbocycles. The Balaban J connectivity index is 1.76. The zero-order valence-corrected chi connectivity index (χ0v) is 16.8. The van der Waals surface area contributed by atoms with Gasteiger partial charge in [0, 0.05) is 36.2 Å². The Morgan fingerprint density at radius 2 is 1.96 bits per heavy atom. The first-order valence-electron chi connectivity index (χ1n) is 9.05. The van der Waals surface area contributed by atoms with Crippen LogP contribution in [-0.2, 0) is 6.54 Å². The van der Waals surface area contributed by atoms with E-state index in [1.807, 2.05) is 54.2 Å². The Kier molecular flexibility index (Phi) is 5.13. The molecule has 0 fully saturated rings. The van der Waals surface area contributed by atoms with Crippen molar-refractivity contribution in [1.29, 1.82) is 0 Å². The van der Waals surface area contributed by atoms with Gasteiger partial charge in [0.1, 0.15) is 11.6 Å². The van der Waals surface area contributed by atoms with Crippen molar-refractivity contribution in [2.75, 3.05) is 24.3 Å². The normalized spacial score (nSPS) is 11.4. The van der Waals surface area contributed by atoms with Gasteiger partial charge in [-0.15, -0.1) is 0 Å². The van der Waals surface area contributed by atoms with E-state index in [0.717, 1.165) is 33.7 Å². The summed E-state index contributed by atoms with van der Waals surface area (Å²) >= 11 is 0. The van der Waals surface area contributed by atoms with Crippen LogP contribution < -0.4 is 15.9 Å². The number of aromatic hydroxyl groups is 1. The van der Waals surface area contributed by atoms with E-state index in [2.05, 4.69) is 34.5 Å². The molecule has 6 nitrogen and oxygen atoms in total.